The lowest BCUT2D eigenvalue weighted by Crippen LogP contribution is -2.36. The highest BCUT2D eigenvalue weighted by atomic mass is 32.1. The third-order valence-electron chi connectivity index (χ3n) is 7.27. The van der Waals surface area contributed by atoms with Crippen LogP contribution in [0.2, 0.25) is 0 Å². The number of aromatic amines is 1. The van der Waals surface area contributed by atoms with Gasteiger partial charge < -0.3 is 34.4 Å². The van der Waals surface area contributed by atoms with Crippen molar-refractivity contribution in [2.45, 2.75) is 57.0 Å². The van der Waals surface area contributed by atoms with Crippen molar-refractivity contribution in [3.05, 3.63) is 43.1 Å². The van der Waals surface area contributed by atoms with Gasteiger partial charge in [0.2, 0.25) is 0 Å². The summed E-state index contributed by atoms with van der Waals surface area (Å²) >= 11 is 3.03. The van der Waals surface area contributed by atoms with Gasteiger partial charge in [0, 0.05) is 35.4 Å². The van der Waals surface area contributed by atoms with Crippen molar-refractivity contribution in [3.63, 3.8) is 0 Å². The molecule has 2 spiro atoms. The lowest BCUT2D eigenvalue weighted by molar-refractivity contribution is -0.163. The summed E-state index contributed by atoms with van der Waals surface area (Å²) in [5.74, 6) is -1.25. The molecule has 10 nitrogen and oxygen atoms in total. The fraction of sp³-hybridized carbons (Fsp3) is 0.560. The van der Waals surface area contributed by atoms with Crippen molar-refractivity contribution in [2.24, 2.45) is 0 Å². The molecular weight excluding hydrogens is 518 g/mol. The van der Waals surface area contributed by atoms with Gasteiger partial charge in [0.15, 0.2) is 11.6 Å². The van der Waals surface area contributed by atoms with Gasteiger partial charge in [0.25, 0.3) is 5.56 Å². The van der Waals surface area contributed by atoms with E-state index in [4.69, 9.17) is 29.4 Å². The molecule has 7 rings (SSSR count). The summed E-state index contributed by atoms with van der Waals surface area (Å²) in [6, 6.07) is 0. The van der Waals surface area contributed by atoms with Crippen molar-refractivity contribution < 1.29 is 28.5 Å². The van der Waals surface area contributed by atoms with Gasteiger partial charge in [-0.3, -0.25) is 4.79 Å². The molecular formula is C25H29N3O7S2. The molecule has 37 heavy (non-hydrogen) atoms. The smallest absolute Gasteiger partial charge is 0.341 e. The quantitative estimate of drug-likeness (QED) is 0.464. The van der Waals surface area contributed by atoms with Crippen LogP contribution in [-0.4, -0.2) is 60.5 Å². The summed E-state index contributed by atoms with van der Waals surface area (Å²) in [4.78, 5) is 33.8. The molecule has 0 atom stereocenters. The largest absolute Gasteiger partial charge is 0.462 e. The van der Waals surface area contributed by atoms with E-state index in [1.54, 1.807) is 18.3 Å². The van der Waals surface area contributed by atoms with Crippen LogP contribution in [0.15, 0.2) is 11.1 Å². The van der Waals surface area contributed by atoms with Gasteiger partial charge in [-0.25, -0.2) is 9.78 Å². The van der Waals surface area contributed by atoms with Crippen LogP contribution in [0.1, 0.15) is 51.0 Å². The van der Waals surface area contributed by atoms with Gasteiger partial charge in [-0.2, -0.15) is 0 Å². The van der Waals surface area contributed by atoms with Crippen LogP contribution in [0, 0.1) is 0 Å². The Hall–Kier alpha value is -2.35. The average Bonchev–Trinajstić information content (AvgIpc) is 3.65. The normalized spacial score (nSPS) is 21.0. The van der Waals surface area contributed by atoms with Crippen molar-refractivity contribution in [2.75, 3.05) is 38.8 Å². The van der Waals surface area contributed by atoms with Crippen molar-refractivity contribution >= 4 is 43.9 Å². The molecule has 2 saturated heterocycles. The van der Waals surface area contributed by atoms with E-state index in [1.807, 2.05) is 0 Å². The fourth-order valence-electron chi connectivity index (χ4n) is 5.60. The summed E-state index contributed by atoms with van der Waals surface area (Å²) in [5.41, 5.74) is 8.64. The number of nitrogen functional groups attached to an aromatic ring is 1. The number of H-pyrrole nitrogens is 1. The van der Waals surface area contributed by atoms with Gasteiger partial charge in [-0.05, 0) is 30.9 Å². The molecule has 12 heteroatoms. The summed E-state index contributed by atoms with van der Waals surface area (Å²) in [6.45, 7) is 4.77. The first-order valence-corrected chi connectivity index (χ1v) is 14.2. The summed E-state index contributed by atoms with van der Waals surface area (Å²) < 4.78 is 28.0. The number of nitrogens with two attached hydrogens (primary N) is 1. The molecule has 0 saturated carbocycles. The monoisotopic (exact) mass is 547 g/mol. The highest BCUT2D eigenvalue weighted by molar-refractivity contribution is 7.18. The number of rotatable bonds is 2. The van der Waals surface area contributed by atoms with E-state index in [9.17, 15) is 9.59 Å². The molecule has 3 aromatic rings. The molecule has 0 radical (unpaired) electrons. The number of ether oxygens (including phenoxy) is 5. The molecule has 3 N–H and O–H groups in total. The standard InChI is InChI=1S/C13H17NO4S.C12H12N2O3S/c1-2-16-12(15)10-8-3-4-13(17-5-6-18-13)7-9(8)19-11(10)14;15-10-9-7-1-2-12(16-3-4-17-12)5-8(7)18-11(9)14-6-13-10/h2-7,14H2,1H3;6H,1-5H2,(H,13,14,15). The fourth-order valence-corrected chi connectivity index (χ4v) is 8.07. The number of aromatic nitrogens is 2. The van der Waals surface area contributed by atoms with E-state index in [2.05, 4.69) is 9.97 Å². The first-order valence-electron chi connectivity index (χ1n) is 12.5. The van der Waals surface area contributed by atoms with Crippen LogP contribution in [0.4, 0.5) is 5.00 Å². The molecule has 4 aliphatic rings. The number of hydrogen-bond donors (Lipinski definition) is 2. The second-order valence-corrected chi connectivity index (χ2v) is 11.7. The number of esters is 1. The second kappa shape index (κ2) is 9.75. The summed E-state index contributed by atoms with van der Waals surface area (Å²) in [5, 5.41) is 1.30. The highest BCUT2D eigenvalue weighted by Crippen LogP contribution is 2.43. The molecule has 3 aromatic heterocycles. The Balaban J connectivity index is 0.000000136. The first-order chi connectivity index (χ1) is 17.9. The van der Waals surface area contributed by atoms with E-state index in [0.29, 0.717) is 50.0 Å². The van der Waals surface area contributed by atoms with Crippen LogP contribution in [0.3, 0.4) is 0 Å². The SMILES string of the molecule is CCOC(=O)c1c(N)sc2c1CCC1(C2)OCCO1.O=c1[nH]cnc2sc3c(c12)CCC1(C3)OCCO1. The third-order valence-corrected chi connectivity index (χ3v) is 9.47. The molecule has 198 valence electrons. The van der Waals surface area contributed by atoms with Gasteiger partial charge in [-0.1, -0.05) is 0 Å². The molecule has 0 amide bonds. The highest BCUT2D eigenvalue weighted by Gasteiger charge is 2.43. The number of carbonyl (C=O) groups is 1. The van der Waals surface area contributed by atoms with Crippen molar-refractivity contribution in [1.82, 2.24) is 9.97 Å². The predicted molar refractivity (Wildman–Crippen MR) is 138 cm³/mol. The minimum atomic E-state index is -0.490. The minimum Gasteiger partial charge on any atom is -0.462 e. The van der Waals surface area contributed by atoms with Gasteiger partial charge in [-0.15, -0.1) is 22.7 Å². The van der Waals surface area contributed by atoms with Gasteiger partial charge in [0.05, 0.1) is 50.3 Å². The number of nitrogens with zero attached hydrogens (tertiary/aromatic N) is 1. The van der Waals surface area contributed by atoms with Crippen LogP contribution in [0.25, 0.3) is 10.2 Å². The Kier molecular flexibility index (Phi) is 6.58. The molecule has 5 heterocycles. The van der Waals surface area contributed by atoms with E-state index < -0.39 is 11.6 Å². The van der Waals surface area contributed by atoms with Crippen LogP contribution < -0.4 is 11.3 Å². The Bertz CT molecular complexity index is 1380. The Morgan fingerprint density at radius 1 is 1.03 bits per heavy atom. The topological polar surface area (TPSA) is 135 Å². The van der Waals surface area contributed by atoms with Crippen LogP contribution >= 0.6 is 22.7 Å². The van der Waals surface area contributed by atoms with Crippen LogP contribution in [-0.2, 0) is 49.4 Å². The Morgan fingerprint density at radius 3 is 2.24 bits per heavy atom. The second-order valence-electron chi connectivity index (χ2n) is 9.45. The maximum absolute atomic E-state index is 12.0. The number of nitrogens with one attached hydrogen (secondary N) is 1. The molecule has 0 bridgehead atoms. The third kappa shape index (κ3) is 4.49. The lowest BCUT2D eigenvalue weighted by Gasteiger charge is -2.31. The number of carbonyl (C=O) groups excluding carboxylic acids is 1. The molecule has 2 aliphatic heterocycles. The summed E-state index contributed by atoms with van der Waals surface area (Å²) in [6.07, 6.45) is 6.04. The van der Waals surface area contributed by atoms with Gasteiger partial charge in [0.1, 0.15) is 9.83 Å². The molecule has 2 aliphatic carbocycles. The zero-order valence-corrected chi connectivity index (χ0v) is 22.2. The zero-order valence-electron chi connectivity index (χ0n) is 20.6. The predicted octanol–water partition coefficient (Wildman–Crippen LogP) is 2.96. The van der Waals surface area contributed by atoms with E-state index in [-0.39, 0.29) is 11.5 Å². The summed E-state index contributed by atoms with van der Waals surface area (Å²) in [7, 11) is 0. The average molecular weight is 548 g/mol. The van der Waals surface area contributed by atoms with Crippen molar-refractivity contribution in [3.8, 4) is 0 Å². The maximum Gasteiger partial charge on any atom is 0.341 e. The van der Waals surface area contributed by atoms with E-state index in [0.717, 1.165) is 58.3 Å². The Labute approximate surface area is 221 Å². The number of hydrogen-bond acceptors (Lipinski definition) is 11. The van der Waals surface area contributed by atoms with Crippen molar-refractivity contribution in [1.29, 1.82) is 0 Å². The number of aryl methyl sites for hydroxylation is 1. The first kappa shape index (κ1) is 25.0. The molecule has 2 fully saturated rings. The van der Waals surface area contributed by atoms with Gasteiger partial charge >= 0.3 is 5.97 Å². The zero-order chi connectivity index (χ0) is 25.6. The molecule has 0 unspecified atom stereocenters. The van der Waals surface area contributed by atoms with E-state index in [1.165, 1.54) is 22.5 Å². The minimum absolute atomic E-state index is 0.0401. The van der Waals surface area contributed by atoms with Crippen LogP contribution in [0.5, 0.6) is 0 Å². The number of anilines is 1. The number of fused-ring (bicyclic) bond motifs is 4. The number of thiophene rings is 2. The van der Waals surface area contributed by atoms with E-state index >= 15 is 0 Å². The lowest BCUT2D eigenvalue weighted by atomic mass is 9.91. The molecule has 0 aromatic carbocycles. The Morgan fingerprint density at radius 2 is 1.62 bits per heavy atom. The maximum atomic E-state index is 12.0.